The summed E-state index contributed by atoms with van der Waals surface area (Å²) in [4.78, 5) is 0. The molecule has 0 radical (unpaired) electrons. The third kappa shape index (κ3) is 3.12. The molecule has 0 bridgehead atoms. The lowest BCUT2D eigenvalue weighted by Crippen LogP contribution is -2.14. The number of ether oxygens (including phenoxy) is 2. The third-order valence-corrected chi connectivity index (χ3v) is 2.53. The maximum atomic E-state index is 5.57. The fourth-order valence-corrected chi connectivity index (χ4v) is 1.39. The molecule has 0 aromatic rings. The summed E-state index contributed by atoms with van der Waals surface area (Å²) >= 11 is 0. The second kappa shape index (κ2) is 4.77. The van der Waals surface area contributed by atoms with Gasteiger partial charge in [0.1, 0.15) is 0 Å². The van der Waals surface area contributed by atoms with E-state index in [9.17, 15) is 0 Å². The molecule has 0 amide bonds. The SMILES string of the molecule is C=C[C@]1(C)CO[C@H](OCCCC)C1. The average Bonchev–Trinajstić information content (AvgIpc) is 2.50. The van der Waals surface area contributed by atoms with Crippen molar-refractivity contribution in [3.63, 3.8) is 0 Å². The predicted octanol–water partition coefficient (Wildman–Crippen LogP) is 2.74. The van der Waals surface area contributed by atoms with Crippen LogP contribution in [-0.2, 0) is 9.47 Å². The van der Waals surface area contributed by atoms with Crippen LogP contribution in [0.4, 0.5) is 0 Å². The minimum absolute atomic E-state index is 0.00505. The van der Waals surface area contributed by atoms with Crippen molar-refractivity contribution in [1.29, 1.82) is 0 Å². The molecule has 2 heteroatoms. The zero-order valence-corrected chi connectivity index (χ0v) is 8.71. The molecule has 0 spiro atoms. The van der Waals surface area contributed by atoms with Crippen molar-refractivity contribution in [2.45, 2.75) is 39.4 Å². The van der Waals surface area contributed by atoms with Gasteiger partial charge in [0.2, 0.25) is 0 Å². The maximum absolute atomic E-state index is 5.57. The smallest absolute Gasteiger partial charge is 0.158 e. The van der Waals surface area contributed by atoms with Crippen LogP contribution >= 0.6 is 0 Å². The topological polar surface area (TPSA) is 18.5 Å². The Morgan fingerprint density at radius 3 is 3.00 bits per heavy atom. The largest absolute Gasteiger partial charge is 0.353 e. The molecule has 0 aliphatic carbocycles. The van der Waals surface area contributed by atoms with E-state index in [1.165, 1.54) is 6.42 Å². The van der Waals surface area contributed by atoms with Gasteiger partial charge in [-0.05, 0) is 6.42 Å². The molecule has 1 aliphatic rings. The van der Waals surface area contributed by atoms with Crippen LogP contribution in [0.5, 0.6) is 0 Å². The van der Waals surface area contributed by atoms with Crippen molar-refractivity contribution in [2.24, 2.45) is 5.41 Å². The Morgan fingerprint density at radius 2 is 2.46 bits per heavy atom. The first-order chi connectivity index (χ1) is 6.20. The predicted molar refractivity (Wildman–Crippen MR) is 53.5 cm³/mol. The minimum atomic E-state index is -0.00505. The first-order valence-corrected chi connectivity index (χ1v) is 5.07. The summed E-state index contributed by atoms with van der Waals surface area (Å²) in [5, 5.41) is 0. The van der Waals surface area contributed by atoms with Gasteiger partial charge in [-0.2, -0.15) is 0 Å². The van der Waals surface area contributed by atoms with Crippen molar-refractivity contribution in [2.75, 3.05) is 13.2 Å². The van der Waals surface area contributed by atoms with E-state index in [4.69, 9.17) is 9.47 Å². The molecule has 1 fully saturated rings. The quantitative estimate of drug-likeness (QED) is 0.483. The molecular formula is C11H20O2. The zero-order chi connectivity index (χ0) is 9.73. The van der Waals surface area contributed by atoms with Crippen LogP contribution in [0.3, 0.4) is 0 Å². The van der Waals surface area contributed by atoms with Crippen LogP contribution in [0.25, 0.3) is 0 Å². The van der Waals surface area contributed by atoms with Gasteiger partial charge in [-0.1, -0.05) is 26.3 Å². The molecular weight excluding hydrogens is 164 g/mol. The molecule has 0 unspecified atom stereocenters. The highest BCUT2D eigenvalue weighted by Crippen LogP contribution is 2.33. The van der Waals surface area contributed by atoms with E-state index in [1.807, 2.05) is 6.08 Å². The van der Waals surface area contributed by atoms with Crippen LogP contribution in [0.1, 0.15) is 33.1 Å². The summed E-state index contributed by atoms with van der Waals surface area (Å²) in [6, 6.07) is 0. The van der Waals surface area contributed by atoms with Crippen molar-refractivity contribution < 1.29 is 9.47 Å². The molecule has 0 aromatic carbocycles. The van der Waals surface area contributed by atoms with Gasteiger partial charge in [-0.3, -0.25) is 0 Å². The summed E-state index contributed by atoms with van der Waals surface area (Å²) < 4.78 is 11.1. The second-order valence-corrected chi connectivity index (χ2v) is 4.03. The first-order valence-electron chi connectivity index (χ1n) is 5.07. The lowest BCUT2D eigenvalue weighted by molar-refractivity contribution is -0.111. The van der Waals surface area contributed by atoms with Gasteiger partial charge in [0, 0.05) is 18.4 Å². The molecule has 1 heterocycles. The van der Waals surface area contributed by atoms with E-state index in [0.29, 0.717) is 0 Å². The molecule has 1 saturated heterocycles. The zero-order valence-electron chi connectivity index (χ0n) is 8.71. The highest BCUT2D eigenvalue weighted by molar-refractivity contribution is 4.95. The van der Waals surface area contributed by atoms with Gasteiger partial charge in [-0.15, -0.1) is 6.58 Å². The Balaban J connectivity index is 2.21. The molecule has 0 N–H and O–H groups in total. The highest BCUT2D eigenvalue weighted by Gasteiger charge is 2.33. The molecule has 76 valence electrons. The Labute approximate surface area is 80.9 Å². The Morgan fingerprint density at radius 1 is 1.69 bits per heavy atom. The Hall–Kier alpha value is -0.340. The fourth-order valence-electron chi connectivity index (χ4n) is 1.39. The monoisotopic (exact) mass is 184 g/mol. The summed E-state index contributed by atoms with van der Waals surface area (Å²) in [7, 11) is 0. The van der Waals surface area contributed by atoms with Gasteiger partial charge >= 0.3 is 0 Å². The van der Waals surface area contributed by atoms with Crippen LogP contribution in [0.15, 0.2) is 12.7 Å². The molecule has 2 atom stereocenters. The molecule has 1 rings (SSSR count). The van der Waals surface area contributed by atoms with Gasteiger partial charge in [-0.25, -0.2) is 0 Å². The fraction of sp³-hybridized carbons (Fsp3) is 0.818. The number of hydrogen-bond acceptors (Lipinski definition) is 2. The standard InChI is InChI=1S/C11H20O2/c1-4-6-7-12-10-8-11(3,5-2)9-13-10/h5,10H,2,4,6-9H2,1,3H3/t10-,11-/m0/s1. The Bertz CT molecular complexity index is 167. The molecule has 0 saturated carbocycles. The number of hydrogen-bond donors (Lipinski definition) is 0. The minimum Gasteiger partial charge on any atom is -0.353 e. The van der Waals surface area contributed by atoms with Gasteiger partial charge in [0.25, 0.3) is 0 Å². The Kier molecular flexibility index (Phi) is 3.94. The summed E-state index contributed by atoms with van der Waals surface area (Å²) in [6.07, 6.45) is 5.20. The van der Waals surface area contributed by atoms with Gasteiger partial charge < -0.3 is 9.47 Å². The highest BCUT2D eigenvalue weighted by atomic mass is 16.7. The van der Waals surface area contributed by atoms with E-state index in [-0.39, 0.29) is 11.7 Å². The van der Waals surface area contributed by atoms with E-state index in [0.717, 1.165) is 26.1 Å². The van der Waals surface area contributed by atoms with Crippen LogP contribution in [-0.4, -0.2) is 19.5 Å². The van der Waals surface area contributed by atoms with Crippen molar-refractivity contribution in [3.05, 3.63) is 12.7 Å². The molecule has 0 aromatic heterocycles. The van der Waals surface area contributed by atoms with E-state index >= 15 is 0 Å². The lowest BCUT2D eigenvalue weighted by atomic mass is 9.90. The summed E-state index contributed by atoms with van der Waals surface area (Å²) in [5.41, 5.74) is 0.122. The molecule has 1 aliphatic heterocycles. The lowest BCUT2D eigenvalue weighted by Gasteiger charge is -2.15. The van der Waals surface area contributed by atoms with Crippen molar-refractivity contribution >= 4 is 0 Å². The third-order valence-electron chi connectivity index (χ3n) is 2.53. The van der Waals surface area contributed by atoms with Gasteiger partial charge in [0.05, 0.1) is 6.61 Å². The summed E-state index contributed by atoms with van der Waals surface area (Å²) in [6.45, 7) is 9.68. The van der Waals surface area contributed by atoms with Crippen LogP contribution in [0.2, 0.25) is 0 Å². The average molecular weight is 184 g/mol. The molecule has 13 heavy (non-hydrogen) atoms. The second-order valence-electron chi connectivity index (χ2n) is 4.03. The van der Waals surface area contributed by atoms with Gasteiger partial charge in [0.15, 0.2) is 6.29 Å². The number of unbranched alkanes of at least 4 members (excludes halogenated alkanes) is 1. The van der Waals surface area contributed by atoms with Crippen LogP contribution < -0.4 is 0 Å². The van der Waals surface area contributed by atoms with Crippen molar-refractivity contribution in [3.8, 4) is 0 Å². The normalized spacial score (nSPS) is 33.5. The van der Waals surface area contributed by atoms with E-state index in [1.54, 1.807) is 0 Å². The van der Waals surface area contributed by atoms with Crippen LogP contribution in [0, 0.1) is 5.41 Å². The summed E-state index contributed by atoms with van der Waals surface area (Å²) in [5.74, 6) is 0. The van der Waals surface area contributed by atoms with Crippen molar-refractivity contribution in [1.82, 2.24) is 0 Å². The van der Waals surface area contributed by atoms with E-state index < -0.39 is 0 Å². The van der Waals surface area contributed by atoms with E-state index in [2.05, 4.69) is 20.4 Å². The maximum Gasteiger partial charge on any atom is 0.158 e. The molecule has 2 nitrogen and oxygen atoms in total. The number of rotatable bonds is 5. The first kappa shape index (κ1) is 10.7.